The van der Waals surface area contributed by atoms with Gasteiger partial charge in [-0.15, -0.1) is 0 Å². The Morgan fingerprint density at radius 1 is 1.53 bits per heavy atom. The second kappa shape index (κ2) is 6.27. The Morgan fingerprint density at radius 3 is 2.82 bits per heavy atom. The average Bonchev–Trinajstić information content (AvgIpc) is 2.74. The number of esters is 1. The maximum absolute atomic E-state index is 11.3. The van der Waals surface area contributed by atoms with Crippen LogP contribution in [0.4, 0.5) is 6.01 Å². The third kappa shape index (κ3) is 4.09. The highest BCUT2D eigenvalue weighted by Gasteiger charge is 2.14. The van der Waals surface area contributed by atoms with Crippen LogP contribution in [0.15, 0.2) is 10.7 Å². The van der Waals surface area contributed by atoms with Crippen molar-refractivity contribution in [2.45, 2.75) is 27.7 Å². The van der Waals surface area contributed by atoms with Gasteiger partial charge in [0.1, 0.15) is 6.26 Å². The minimum Gasteiger partial charge on any atom is -0.461 e. The van der Waals surface area contributed by atoms with E-state index in [1.165, 1.54) is 6.26 Å². The van der Waals surface area contributed by atoms with E-state index in [1.807, 2.05) is 0 Å². The molecule has 1 unspecified atom stereocenters. The number of nitrogens with one attached hydrogen (secondary N) is 1. The van der Waals surface area contributed by atoms with E-state index in [0.29, 0.717) is 24.5 Å². The van der Waals surface area contributed by atoms with Gasteiger partial charge in [0.15, 0.2) is 5.69 Å². The predicted molar refractivity (Wildman–Crippen MR) is 65.0 cm³/mol. The molecule has 96 valence electrons. The number of carbonyl (C=O) groups excluding carboxylic acids is 1. The number of anilines is 1. The first kappa shape index (κ1) is 13.5. The van der Waals surface area contributed by atoms with Crippen molar-refractivity contribution in [1.82, 2.24) is 4.98 Å². The molecule has 0 saturated heterocycles. The minimum atomic E-state index is -0.457. The molecule has 0 saturated carbocycles. The van der Waals surface area contributed by atoms with E-state index in [0.717, 1.165) is 6.54 Å². The van der Waals surface area contributed by atoms with E-state index in [4.69, 9.17) is 9.15 Å². The molecule has 0 bridgehead atoms. The number of hydrogen-bond acceptors (Lipinski definition) is 5. The number of hydrogen-bond donors (Lipinski definition) is 1. The summed E-state index contributed by atoms with van der Waals surface area (Å²) >= 11 is 0. The molecule has 1 N–H and O–H groups in total. The highest BCUT2D eigenvalue weighted by Crippen LogP contribution is 2.13. The number of nitrogens with zero attached hydrogens (tertiary/aromatic N) is 1. The molecule has 0 radical (unpaired) electrons. The van der Waals surface area contributed by atoms with E-state index >= 15 is 0 Å². The largest absolute Gasteiger partial charge is 0.461 e. The maximum atomic E-state index is 11.3. The number of oxazole rings is 1. The lowest BCUT2D eigenvalue weighted by Gasteiger charge is -2.14. The molecule has 0 amide bonds. The van der Waals surface area contributed by atoms with Crippen molar-refractivity contribution >= 4 is 12.0 Å². The van der Waals surface area contributed by atoms with Gasteiger partial charge in [-0.2, -0.15) is 4.98 Å². The Labute approximate surface area is 102 Å². The summed E-state index contributed by atoms with van der Waals surface area (Å²) in [4.78, 5) is 15.3. The fourth-order valence-electron chi connectivity index (χ4n) is 1.14. The lowest BCUT2D eigenvalue weighted by molar-refractivity contribution is 0.0519. The van der Waals surface area contributed by atoms with Crippen molar-refractivity contribution in [3.8, 4) is 0 Å². The zero-order valence-corrected chi connectivity index (χ0v) is 10.8. The smallest absolute Gasteiger partial charge is 0.360 e. The number of rotatable bonds is 6. The molecule has 5 nitrogen and oxygen atoms in total. The molecule has 1 atom stereocenters. The lowest BCUT2D eigenvalue weighted by atomic mass is 9.98. The summed E-state index contributed by atoms with van der Waals surface area (Å²) in [7, 11) is 0. The Balaban J connectivity index is 2.48. The molecule has 1 heterocycles. The highest BCUT2D eigenvalue weighted by atomic mass is 16.5. The van der Waals surface area contributed by atoms with E-state index in [2.05, 4.69) is 31.1 Å². The fourth-order valence-corrected chi connectivity index (χ4v) is 1.14. The Bertz CT molecular complexity index is 360. The van der Waals surface area contributed by atoms with E-state index in [1.54, 1.807) is 6.92 Å². The van der Waals surface area contributed by atoms with Crippen molar-refractivity contribution in [1.29, 1.82) is 0 Å². The van der Waals surface area contributed by atoms with E-state index < -0.39 is 5.97 Å². The Hall–Kier alpha value is -1.52. The predicted octanol–water partition coefficient (Wildman–Crippen LogP) is 2.56. The first-order chi connectivity index (χ1) is 8.04. The van der Waals surface area contributed by atoms with Gasteiger partial charge in [0.25, 0.3) is 6.01 Å². The normalized spacial score (nSPS) is 12.5. The van der Waals surface area contributed by atoms with Crippen molar-refractivity contribution in [3.05, 3.63) is 12.0 Å². The third-order valence-electron chi connectivity index (χ3n) is 2.70. The van der Waals surface area contributed by atoms with Gasteiger partial charge in [0.05, 0.1) is 6.61 Å². The van der Waals surface area contributed by atoms with Crippen molar-refractivity contribution in [2.75, 3.05) is 18.5 Å². The number of aromatic nitrogens is 1. The van der Waals surface area contributed by atoms with Crippen molar-refractivity contribution < 1.29 is 13.9 Å². The van der Waals surface area contributed by atoms with Gasteiger partial charge >= 0.3 is 5.97 Å². The van der Waals surface area contributed by atoms with Crippen LogP contribution in [0.1, 0.15) is 38.2 Å². The lowest BCUT2D eigenvalue weighted by Crippen LogP contribution is -2.16. The topological polar surface area (TPSA) is 64.4 Å². The molecule has 0 aliphatic heterocycles. The summed E-state index contributed by atoms with van der Waals surface area (Å²) in [6, 6.07) is 0.362. The molecular formula is C12H20N2O3. The molecular weight excluding hydrogens is 220 g/mol. The van der Waals surface area contributed by atoms with E-state index in [9.17, 15) is 4.79 Å². The fraction of sp³-hybridized carbons (Fsp3) is 0.667. The Kier molecular flexibility index (Phi) is 5.00. The molecule has 17 heavy (non-hydrogen) atoms. The van der Waals surface area contributed by atoms with Gasteiger partial charge in [-0.25, -0.2) is 4.79 Å². The summed E-state index contributed by atoms with van der Waals surface area (Å²) in [5.74, 6) is 0.635. The van der Waals surface area contributed by atoms with Gasteiger partial charge in [-0.05, 0) is 18.8 Å². The minimum absolute atomic E-state index is 0.201. The summed E-state index contributed by atoms with van der Waals surface area (Å²) in [5, 5.41) is 3.06. The second-order valence-electron chi connectivity index (χ2n) is 4.36. The van der Waals surface area contributed by atoms with Gasteiger partial charge in [-0.1, -0.05) is 20.8 Å². The van der Waals surface area contributed by atoms with Gasteiger partial charge in [-0.3, -0.25) is 0 Å². The molecule has 0 aromatic carbocycles. The van der Waals surface area contributed by atoms with Gasteiger partial charge in [0, 0.05) is 6.54 Å². The zero-order valence-electron chi connectivity index (χ0n) is 10.8. The van der Waals surface area contributed by atoms with Gasteiger partial charge in [0.2, 0.25) is 0 Å². The van der Waals surface area contributed by atoms with Crippen LogP contribution in [0.25, 0.3) is 0 Å². The third-order valence-corrected chi connectivity index (χ3v) is 2.70. The van der Waals surface area contributed by atoms with Crippen LogP contribution in [0.3, 0.4) is 0 Å². The first-order valence-corrected chi connectivity index (χ1v) is 5.91. The monoisotopic (exact) mass is 240 g/mol. The average molecular weight is 240 g/mol. The molecule has 1 aromatic heterocycles. The van der Waals surface area contributed by atoms with E-state index in [-0.39, 0.29) is 5.69 Å². The SMILES string of the molecule is CCOC(=O)c1coc(NCC(C)C(C)C)n1. The summed E-state index contributed by atoms with van der Waals surface area (Å²) in [6.07, 6.45) is 1.31. The molecule has 5 heteroatoms. The number of ether oxygens (including phenoxy) is 1. The molecule has 0 fully saturated rings. The molecule has 0 aliphatic rings. The summed E-state index contributed by atoms with van der Waals surface area (Å²) in [5.41, 5.74) is 0.201. The Morgan fingerprint density at radius 2 is 2.24 bits per heavy atom. The second-order valence-corrected chi connectivity index (χ2v) is 4.36. The highest BCUT2D eigenvalue weighted by molar-refractivity contribution is 5.87. The zero-order chi connectivity index (χ0) is 12.8. The van der Waals surface area contributed by atoms with Crippen molar-refractivity contribution in [2.24, 2.45) is 11.8 Å². The van der Waals surface area contributed by atoms with Crippen LogP contribution in [-0.2, 0) is 4.74 Å². The number of carbonyl (C=O) groups is 1. The van der Waals surface area contributed by atoms with Crippen molar-refractivity contribution in [3.63, 3.8) is 0 Å². The standard InChI is InChI=1S/C12H20N2O3/c1-5-16-11(15)10-7-17-12(14-10)13-6-9(4)8(2)3/h7-9H,5-6H2,1-4H3,(H,13,14). The molecule has 0 aliphatic carbocycles. The van der Waals surface area contributed by atoms with Crippen LogP contribution in [0.5, 0.6) is 0 Å². The molecule has 0 spiro atoms. The van der Waals surface area contributed by atoms with Gasteiger partial charge < -0.3 is 14.5 Å². The first-order valence-electron chi connectivity index (χ1n) is 5.91. The summed E-state index contributed by atoms with van der Waals surface area (Å²) in [6.45, 7) is 9.31. The summed E-state index contributed by atoms with van der Waals surface area (Å²) < 4.78 is 9.96. The van der Waals surface area contributed by atoms with Crippen LogP contribution >= 0.6 is 0 Å². The maximum Gasteiger partial charge on any atom is 0.360 e. The van der Waals surface area contributed by atoms with Crippen LogP contribution in [0.2, 0.25) is 0 Å². The molecule has 1 aromatic rings. The van der Waals surface area contributed by atoms with Crippen LogP contribution in [0, 0.1) is 11.8 Å². The van der Waals surface area contributed by atoms with Crippen LogP contribution in [-0.4, -0.2) is 24.1 Å². The quantitative estimate of drug-likeness (QED) is 0.774. The van der Waals surface area contributed by atoms with Crippen LogP contribution < -0.4 is 5.32 Å². The molecule has 1 rings (SSSR count).